The molecule has 24 N–H and O–H groups in total. The van der Waals surface area contributed by atoms with E-state index >= 15 is 0 Å². The van der Waals surface area contributed by atoms with Gasteiger partial charge >= 0.3 is 0 Å². The Labute approximate surface area is 589 Å². The van der Waals surface area contributed by atoms with Crippen LogP contribution in [0, 0.1) is 23.7 Å². The first kappa shape index (κ1) is 85.8. The number of carbonyl (C=O) groups is 11. The fraction of sp³-hybridized carbons (Fsp3) is 0.667. The summed E-state index contributed by atoms with van der Waals surface area (Å²) in [5.74, 6) is -8.76. The quantitative estimate of drug-likeness (QED) is 0.0318. The fourth-order valence-electron chi connectivity index (χ4n) is 11.2. The summed E-state index contributed by atoms with van der Waals surface area (Å²) < 4.78 is 0. The molecule has 2 heterocycles. The number of imidazole rings is 2. The van der Waals surface area contributed by atoms with Crippen molar-refractivity contribution >= 4 is 65.0 Å². The van der Waals surface area contributed by atoms with Crippen LogP contribution in [0.25, 0.3) is 0 Å². The number of amides is 11. The van der Waals surface area contributed by atoms with E-state index in [1.165, 1.54) is 25.0 Å². The number of hydrogen-bond acceptors (Lipinski definition) is 18. The lowest BCUT2D eigenvalue weighted by atomic mass is 9.95. The average Bonchev–Trinajstić information content (AvgIpc) is 1.01. The van der Waals surface area contributed by atoms with Crippen molar-refractivity contribution in [2.24, 2.45) is 58.1 Å². The van der Waals surface area contributed by atoms with Gasteiger partial charge in [-0.1, -0.05) is 92.1 Å². The second-order valence-corrected chi connectivity index (χ2v) is 27.2. The Kier molecular flexibility index (Phi) is 40.2. The molecule has 31 heteroatoms. The first-order valence-corrected chi connectivity index (χ1v) is 35.5. The van der Waals surface area contributed by atoms with E-state index in [1.54, 1.807) is 37.3 Å². The van der Waals surface area contributed by atoms with Gasteiger partial charge < -0.3 is 97.5 Å². The van der Waals surface area contributed by atoms with Crippen LogP contribution in [0.1, 0.15) is 175 Å². The number of nitrogens with one attached hydrogen (secondary N) is 12. The Morgan fingerprint density at radius 3 is 1.08 bits per heavy atom. The molecule has 2 aromatic heterocycles. The zero-order valence-electron chi connectivity index (χ0n) is 60.0. The maximum atomic E-state index is 14.8. The summed E-state index contributed by atoms with van der Waals surface area (Å²) >= 11 is 0. The van der Waals surface area contributed by atoms with Crippen LogP contribution in [0.4, 0.5) is 0 Å². The van der Waals surface area contributed by atoms with Crippen LogP contribution in [0.3, 0.4) is 0 Å². The summed E-state index contributed by atoms with van der Waals surface area (Å²) in [7, 11) is 0. The molecule has 3 rings (SSSR count). The minimum atomic E-state index is -1.33. The highest BCUT2D eigenvalue weighted by Crippen LogP contribution is 2.17. The number of nitrogens with two attached hydrogens (primary N) is 6. The molecular weight excluding hydrogens is 1280 g/mol. The standard InChI is InChI=1S/C69H118N20O11/c1-9-44(8)58(69(100)88-55(33-43(6)7)65(96)82-51(25-15-19-29-72)63(94)87-57(36-47-38-77-40-79-47)68(99)84-53(59(75)90)31-41(2)3)89-64(95)52(26-16-20-30-73)81-61(92)50(24-14-18-28-71)83-67(98)56(34-45-21-11-10-12-22-45)86-66(97)54(32-42(4)5)85-62(93)49(23-13-17-27-70)80-60(91)48(74)35-46-37-76-39-78-46/h10-12,21-22,37-44,48-58H,9,13-20,23-36,70-74H2,1-8H3,(H2,75,90)(H,76,78)(H,77,79)(H,80,91)(H,81,92)(H,82,96)(H,83,98)(H,84,99)(H,85,93)(H,86,97)(H,87,94)(H,88,100)(H,89,95)/t44-,48-,49-,50-,51-,52-,53-,54-,55-,56-,57-,58-/m0/s1. The number of aromatic nitrogens is 4. The van der Waals surface area contributed by atoms with Gasteiger partial charge in [-0.3, -0.25) is 52.7 Å². The lowest BCUT2D eigenvalue weighted by molar-refractivity contribution is -0.137. The highest BCUT2D eigenvalue weighted by atomic mass is 16.2. The normalized spacial score (nSPS) is 15.0. The molecule has 3 aromatic rings. The van der Waals surface area contributed by atoms with Gasteiger partial charge in [0.25, 0.3) is 0 Å². The molecule has 0 aliphatic carbocycles. The minimum Gasteiger partial charge on any atom is -0.368 e. The first-order chi connectivity index (χ1) is 47.6. The minimum absolute atomic E-state index is 0.0165. The number of H-pyrrole nitrogens is 2. The lowest BCUT2D eigenvalue weighted by Crippen LogP contribution is -2.61. The number of hydrogen-bond donors (Lipinski definition) is 18. The van der Waals surface area contributed by atoms with E-state index in [0.717, 1.165) is 0 Å². The highest BCUT2D eigenvalue weighted by molar-refractivity contribution is 5.99. The molecule has 0 aliphatic heterocycles. The van der Waals surface area contributed by atoms with E-state index in [2.05, 4.69) is 73.1 Å². The molecule has 0 saturated carbocycles. The zero-order valence-corrected chi connectivity index (χ0v) is 60.0. The summed E-state index contributed by atoms with van der Waals surface area (Å²) in [5.41, 5.74) is 37.1. The average molecular weight is 1400 g/mol. The molecule has 11 amide bonds. The molecule has 31 nitrogen and oxygen atoms in total. The third-order valence-corrected chi connectivity index (χ3v) is 17.0. The number of rotatable bonds is 51. The topological polar surface area (TPSA) is 522 Å². The summed E-state index contributed by atoms with van der Waals surface area (Å²) in [4.78, 5) is 170. The third kappa shape index (κ3) is 32.3. The molecule has 560 valence electrons. The molecular formula is C69H118N20O11. The smallest absolute Gasteiger partial charge is 0.243 e. The number of nitrogens with zero attached hydrogens (tertiary/aromatic N) is 2. The van der Waals surface area contributed by atoms with Crippen molar-refractivity contribution in [3.05, 3.63) is 72.3 Å². The van der Waals surface area contributed by atoms with Gasteiger partial charge in [0.2, 0.25) is 65.0 Å². The predicted octanol–water partition coefficient (Wildman–Crippen LogP) is -0.478. The Balaban J connectivity index is 1.96. The van der Waals surface area contributed by atoms with E-state index in [-0.39, 0.29) is 102 Å². The van der Waals surface area contributed by atoms with Gasteiger partial charge in [-0.05, 0) is 152 Å². The Morgan fingerprint density at radius 2 is 0.710 bits per heavy atom. The summed E-state index contributed by atoms with van der Waals surface area (Å²) in [6.45, 7) is 15.8. The van der Waals surface area contributed by atoms with Gasteiger partial charge in [-0.2, -0.15) is 0 Å². The predicted molar refractivity (Wildman–Crippen MR) is 381 cm³/mol. The number of benzene rings is 1. The maximum absolute atomic E-state index is 14.8. The van der Waals surface area contributed by atoms with E-state index in [1.807, 2.05) is 48.5 Å². The summed E-state index contributed by atoms with van der Waals surface area (Å²) in [5, 5.41) is 28.0. The molecule has 0 spiro atoms. The number of primary amides is 1. The van der Waals surface area contributed by atoms with Crippen LogP contribution < -0.4 is 87.6 Å². The van der Waals surface area contributed by atoms with Crippen molar-refractivity contribution in [3.8, 4) is 0 Å². The van der Waals surface area contributed by atoms with Gasteiger partial charge in [0.15, 0.2) is 0 Å². The van der Waals surface area contributed by atoms with E-state index < -0.39 is 137 Å². The van der Waals surface area contributed by atoms with Crippen molar-refractivity contribution in [1.82, 2.24) is 73.1 Å². The van der Waals surface area contributed by atoms with Gasteiger partial charge in [-0.25, -0.2) is 9.97 Å². The van der Waals surface area contributed by atoms with Crippen LogP contribution in [-0.4, -0.2) is 178 Å². The molecule has 0 unspecified atom stereocenters. The van der Waals surface area contributed by atoms with Crippen molar-refractivity contribution in [2.45, 2.75) is 244 Å². The van der Waals surface area contributed by atoms with E-state index in [4.69, 9.17) is 34.4 Å². The zero-order chi connectivity index (χ0) is 74.3. The van der Waals surface area contributed by atoms with Crippen LogP contribution in [0.5, 0.6) is 0 Å². The molecule has 12 atom stereocenters. The Bertz CT molecular complexity index is 2960. The second-order valence-electron chi connectivity index (χ2n) is 27.2. The fourth-order valence-corrected chi connectivity index (χ4v) is 11.2. The molecule has 100 heavy (non-hydrogen) atoms. The molecule has 0 fully saturated rings. The van der Waals surface area contributed by atoms with Crippen molar-refractivity contribution in [3.63, 3.8) is 0 Å². The van der Waals surface area contributed by atoms with Crippen molar-refractivity contribution < 1.29 is 52.7 Å². The van der Waals surface area contributed by atoms with Crippen LogP contribution in [0.2, 0.25) is 0 Å². The van der Waals surface area contributed by atoms with Gasteiger partial charge in [0.1, 0.15) is 60.4 Å². The van der Waals surface area contributed by atoms with Crippen LogP contribution in [-0.2, 0) is 72.0 Å². The Hall–Kier alpha value is -8.39. The summed E-state index contributed by atoms with van der Waals surface area (Å²) in [6.07, 6.45) is 10.6. The van der Waals surface area contributed by atoms with Crippen molar-refractivity contribution in [2.75, 3.05) is 26.2 Å². The maximum Gasteiger partial charge on any atom is 0.243 e. The van der Waals surface area contributed by atoms with Crippen LogP contribution in [0.15, 0.2) is 55.4 Å². The largest absolute Gasteiger partial charge is 0.368 e. The summed E-state index contributed by atoms with van der Waals surface area (Å²) in [6, 6.07) is -4.47. The van der Waals surface area contributed by atoms with Gasteiger partial charge in [0, 0.05) is 43.0 Å². The van der Waals surface area contributed by atoms with E-state index in [9.17, 15) is 52.7 Å². The third-order valence-electron chi connectivity index (χ3n) is 17.0. The number of unbranched alkanes of at least 4 members (excludes halogenated alkanes) is 4. The molecule has 0 saturated heterocycles. The lowest BCUT2D eigenvalue weighted by Gasteiger charge is -2.30. The molecule has 0 bridgehead atoms. The number of aromatic amines is 2. The molecule has 0 radical (unpaired) electrons. The van der Waals surface area contributed by atoms with Crippen molar-refractivity contribution in [1.29, 1.82) is 0 Å². The second kappa shape index (κ2) is 46.9. The SMILES string of the molecule is CC[C@H](C)[C@H](NC(=O)[C@H](CCCCN)NC(=O)[C@H](CCCCN)NC(=O)[C@H](Cc1ccccc1)NC(=O)[C@H](CC(C)C)NC(=O)[C@H](CCCCN)NC(=O)[C@@H](N)Cc1cnc[nH]1)C(=O)N[C@@H](CC(C)C)C(=O)N[C@@H](CCCCN)C(=O)N[C@@H](Cc1cnc[nH]1)C(=O)N[C@@H](CC(C)C)C(N)=O. The first-order valence-electron chi connectivity index (χ1n) is 35.5. The molecule has 0 aliphatic rings. The monoisotopic (exact) mass is 1400 g/mol. The molecule has 1 aromatic carbocycles. The van der Waals surface area contributed by atoms with Crippen LogP contribution >= 0.6 is 0 Å². The van der Waals surface area contributed by atoms with E-state index in [0.29, 0.717) is 81.3 Å². The Morgan fingerprint density at radius 1 is 0.390 bits per heavy atom. The van der Waals surface area contributed by atoms with Gasteiger partial charge in [-0.15, -0.1) is 0 Å². The number of carbonyl (C=O) groups excluding carboxylic acids is 11. The highest BCUT2D eigenvalue weighted by Gasteiger charge is 2.38. The van der Waals surface area contributed by atoms with Gasteiger partial charge in [0.05, 0.1) is 18.7 Å².